The lowest BCUT2D eigenvalue weighted by molar-refractivity contribution is 0.0963. The van der Waals surface area contributed by atoms with Crippen molar-refractivity contribution in [2.45, 2.75) is 26.2 Å². The first kappa shape index (κ1) is 17.2. The van der Waals surface area contributed by atoms with Crippen LogP contribution in [0.5, 0.6) is 0 Å². The molecule has 0 saturated carbocycles. The van der Waals surface area contributed by atoms with Gasteiger partial charge in [-0.1, -0.05) is 28.9 Å². The number of carbonyl (C=O) groups is 2. The molecule has 24 heavy (non-hydrogen) atoms. The standard InChI is InChI=1S/C18H19BrN2O2S/c1-10-6-7-13-14(8-10)24-18(15(13)17(23)20-2)21-16(22)11-4-3-5-12(19)9-11/h3-5,9-10H,6-8H2,1-2H3,(H,20,23)(H,21,22). The van der Waals surface area contributed by atoms with E-state index in [1.165, 1.54) is 16.2 Å². The first-order valence-corrected chi connectivity index (χ1v) is 9.54. The van der Waals surface area contributed by atoms with Gasteiger partial charge in [0.25, 0.3) is 11.8 Å². The van der Waals surface area contributed by atoms with Gasteiger partial charge in [0.05, 0.1) is 5.56 Å². The van der Waals surface area contributed by atoms with Crippen LogP contribution in [-0.2, 0) is 12.8 Å². The average molecular weight is 407 g/mol. The Labute approximate surface area is 153 Å². The van der Waals surface area contributed by atoms with Crippen molar-refractivity contribution in [3.8, 4) is 0 Å². The van der Waals surface area contributed by atoms with Crippen molar-refractivity contribution in [2.75, 3.05) is 12.4 Å². The molecule has 1 aliphatic carbocycles. The molecule has 1 atom stereocenters. The molecule has 2 amide bonds. The van der Waals surface area contributed by atoms with Gasteiger partial charge in [-0.15, -0.1) is 11.3 Å². The van der Waals surface area contributed by atoms with Crippen molar-refractivity contribution in [3.63, 3.8) is 0 Å². The smallest absolute Gasteiger partial charge is 0.256 e. The normalized spacial score (nSPS) is 16.4. The van der Waals surface area contributed by atoms with Crippen molar-refractivity contribution < 1.29 is 9.59 Å². The van der Waals surface area contributed by atoms with E-state index in [-0.39, 0.29) is 11.8 Å². The summed E-state index contributed by atoms with van der Waals surface area (Å²) < 4.78 is 0.848. The molecule has 1 heterocycles. The minimum atomic E-state index is -0.201. The molecule has 0 radical (unpaired) electrons. The van der Waals surface area contributed by atoms with E-state index in [4.69, 9.17) is 0 Å². The Hall–Kier alpha value is -1.66. The maximum atomic E-state index is 12.5. The van der Waals surface area contributed by atoms with E-state index in [0.717, 1.165) is 29.3 Å². The van der Waals surface area contributed by atoms with E-state index >= 15 is 0 Å². The number of amides is 2. The zero-order chi connectivity index (χ0) is 17.3. The monoisotopic (exact) mass is 406 g/mol. The van der Waals surface area contributed by atoms with Crippen molar-refractivity contribution in [1.29, 1.82) is 0 Å². The molecule has 0 saturated heterocycles. The van der Waals surface area contributed by atoms with E-state index in [0.29, 0.717) is 22.0 Å². The van der Waals surface area contributed by atoms with Gasteiger partial charge < -0.3 is 10.6 Å². The molecule has 1 aliphatic rings. The average Bonchev–Trinajstić information content (AvgIpc) is 2.90. The maximum Gasteiger partial charge on any atom is 0.256 e. The number of halogens is 1. The second-order valence-electron chi connectivity index (χ2n) is 6.10. The van der Waals surface area contributed by atoms with E-state index in [2.05, 4.69) is 33.5 Å². The number of rotatable bonds is 3. The van der Waals surface area contributed by atoms with Crippen LogP contribution in [0.25, 0.3) is 0 Å². The number of fused-ring (bicyclic) bond motifs is 1. The Bertz CT molecular complexity index is 800. The van der Waals surface area contributed by atoms with Crippen LogP contribution in [0.1, 0.15) is 44.5 Å². The molecular formula is C18H19BrN2O2S. The van der Waals surface area contributed by atoms with Crippen LogP contribution in [0.15, 0.2) is 28.7 Å². The van der Waals surface area contributed by atoms with Crippen LogP contribution in [-0.4, -0.2) is 18.9 Å². The van der Waals surface area contributed by atoms with Crippen molar-refractivity contribution in [3.05, 3.63) is 50.3 Å². The summed E-state index contributed by atoms with van der Waals surface area (Å²) in [7, 11) is 1.62. The predicted molar refractivity (Wildman–Crippen MR) is 101 cm³/mol. The lowest BCUT2D eigenvalue weighted by Crippen LogP contribution is -2.22. The number of hydrogen-bond donors (Lipinski definition) is 2. The number of anilines is 1. The van der Waals surface area contributed by atoms with Crippen LogP contribution >= 0.6 is 27.3 Å². The van der Waals surface area contributed by atoms with Crippen LogP contribution < -0.4 is 10.6 Å². The summed E-state index contributed by atoms with van der Waals surface area (Å²) in [4.78, 5) is 26.1. The minimum Gasteiger partial charge on any atom is -0.355 e. The van der Waals surface area contributed by atoms with Gasteiger partial charge in [-0.2, -0.15) is 0 Å². The highest BCUT2D eigenvalue weighted by Crippen LogP contribution is 2.39. The van der Waals surface area contributed by atoms with Gasteiger partial charge in [0, 0.05) is 22.0 Å². The Balaban J connectivity index is 1.95. The van der Waals surface area contributed by atoms with Gasteiger partial charge in [0.2, 0.25) is 0 Å². The SMILES string of the molecule is CNC(=O)c1c(NC(=O)c2cccc(Br)c2)sc2c1CCC(C)C2. The molecule has 2 aromatic rings. The quantitative estimate of drug-likeness (QED) is 0.800. The first-order chi connectivity index (χ1) is 11.5. The summed E-state index contributed by atoms with van der Waals surface area (Å²) in [6, 6.07) is 7.22. The molecular weight excluding hydrogens is 388 g/mol. The number of nitrogens with one attached hydrogen (secondary N) is 2. The largest absolute Gasteiger partial charge is 0.355 e. The fourth-order valence-corrected chi connectivity index (χ4v) is 4.81. The van der Waals surface area contributed by atoms with Gasteiger partial charge in [-0.05, 0) is 48.9 Å². The van der Waals surface area contributed by atoms with Crippen molar-refractivity contribution in [2.24, 2.45) is 5.92 Å². The summed E-state index contributed by atoms with van der Waals surface area (Å²) in [5, 5.41) is 6.29. The van der Waals surface area contributed by atoms with Crippen LogP contribution in [0.3, 0.4) is 0 Å². The first-order valence-electron chi connectivity index (χ1n) is 7.93. The summed E-state index contributed by atoms with van der Waals surface area (Å²) in [6.45, 7) is 2.22. The molecule has 126 valence electrons. The predicted octanol–water partition coefficient (Wildman–Crippen LogP) is 4.25. The molecule has 1 aromatic heterocycles. The Morgan fingerprint density at radius 2 is 2.08 bits per heavy atom. The molecule has 0 bridgehead atoms. The summed E-state index contributed by atoms with van der Waals surface area (Å²) in [6.07, 6.45) is 2.94. The van der Waals surface area contributed by atoms with Gasteiger partial charge in [-0.25, -0.2) is 0 Å². The Kier molecular flexibility index (Phi) is 5.06. The van der Waals surface area contributed by atoms with Gasteiger partial charge in [-0.3, -0.25) is 9.59 Å². The van der Waals surface area contributed by atoms with E-state index in [1.54, 1.807) is 19.2 Å². The zero-order valence-corrected chi connectivity index (χ0v) is 16.0. The molecule has 2 N–H and O–H groups in total. The summed E-state index contributed by atoms with van der Waals surface area (Å²) in [5.41, 5.74) is 2.29. The molecule has 1 aromatic carbocycles. The highest BCUT2D eigenvalue weighted by molar-refractivity contribution is 9.10. The molecule has 0 fully saturated rings. The van der Waals surface area contributed by atoms with Crippen molar-refractivity contribution in [1.82, 2.24) is 5.32 Å². The van der Waals surface area contributed by atoms with Gasteiger partial charge in [0.15, 0.2) is 0 Å². The second kappa shape index (κ2) is 7.07. The van der Waals surface area contributed by atoms with Crippen LogP contribution in [0.2, 0.25) is 0 Å². The third-order valence-corrected chi connectivity index (χ3v) is 5.94. The number of carbonyl (C=O) groups excluding carboxylic acids is 2. The van der Waals surface area contributed by atoms with Gasteiger partial charge in [0.1, 0.15) is 5.00 Å². The third-order valence-electron chi connectivity index (χ3n) is 4.28. The fraction of sp³-hybridized carbons (Fsp3) is 0.333. The number of benzene rings is 1. The van der Waals surface area contributed by atoms with Crippen LogP contribution in [0.4, 0.5) is 5.00 Å². The lowest BCUT2D eigenvalue weighted by Gasteiger charge is -2.18. The second-order valence-corrected chi connectivity index (χ2v) is 8.12. The molecule has 4 nitrogen and oxygen atoms in total. The molecule has 0 aliphatic heterocycles. The molecule has 0 spiro atoms. The molecule has 1 unspecified atom stereocenters. The molecule has 3 rings (SSSR count). The summed E-state index contributed by atoms with van der Waals surface area (Å²) >= 11 is 4.91. The van der Waals surface area contributed by atoms with E-state index < -0.39 is 0 Å². The van der Waals surface area contributed by atoms with Gasteiger partial charge >= 0.3 is 0 Å². The fourth-order valence-electron chi connectivity index (χ4n) is 3.01. The summed E-state index contributed by atoms with van der Waals surface area (Å²) in [5.74, 6) is 0.280. The van der Waals surface area contributed by atoms with E-state index in [9.17, 15) is 9.59 Å². The zero-order valence-electron chi connectivity index (χ0n) is 13.6. The number of hydrogen-bond acceptors (Lipinski definition) is 3. The highest BCUT2D eigenvalue weighted by atomic mass is 79.9. The van der Waals surface area contributed by atoms with E-state index in [1.807, 2.05) is 12.1 Å². The van der Waals surface area contributed by atoms with Crippen LogP contribution in [0, 0.1) is 5.92 Å². The highest BCUT2D eigenvalue weighted by Gasteiger charge is 2.28. The molecule has 6 heteroatoms. The minimum absolute atomic E-state index is 0.133. The topological polar surface area (TPSA) is 58.2 Å². The van der Waals surface area contributed by atoms with Crippen molar-refractivity contribution >= 4 is 44.1 Å². The Morgan fingerprint density at radius 1 is 1.29 bits per heavy atom. The third kappa shape index (κ3) is 3.39. The number of thiophene rings is 1. The lowest BCUT2D eigenvalue weighted by atomic mass is 9.88. The maximum absolute atomic E-state index is 12.5. The Morgan fingerprint density at radius 3 is 2.79 bits per heavy atom.